The number of anilines is 1. The zero-order chi connectivity index (χ0) is 16.4. The average molecular weight is 362 g/mol. The molecule has 1 aliphatic heterocycles. The van der Waals surface area contributed by atoms with Crippen LogP contribution in [0.15, 0.2) is 24.3 Å². The molecule has 1 aromatic heterocycles. The summed E-state index contributed by atoms with van der Waals surface area (Å²) in [7, 11) is 0. The number of hydrogen-bond donors (Lipinski definition) is 0. The maximum Gasteiger partial charge on any atom is 0.391 e. The third-order valence-corrected chi connectivity index (χ3v) is 5.19. The molecule has 0 N–H and O–H groups in total. The first kappa shape index (κ1) is 16.5. The van der Waals surface area contributed by atoms with Gasteiger partial charge in [0.1, 0.15) is 5.01 Å². The highest BCUT2D eigenvalue weighted by atomic mass is 35.5. The van der Waals surface area contributed by atoms with Gasteiger partial charge in [-0.05, 0) is 30.5 Å². The largest absolute Gasteiger partial charge is 0.391 e. The fourth-order valence-corrected chi connectivity index (χ4v) is 3.67. The first-order valence-electron chi connectivity index (χ1n) is 7.30. The minimum absolute atomic E-state index is 0.121. The molecule has 0 spiro atoms. The van der Waals surface area contributed by atoms with Crippen molar-refractivity contribution in [3.8, 4) is 0 Å². The second kappa shape index (κ2) is 6.65. The average Bonchev–Trinajstić information content (AvgIpc) is 2.97. The molecule has 1 aromatic carbocycles. The molecule has 8 heteroatoms. The Labute approximate surface area is 141 Å². The smallest absolute Gasteiger partial charge is 0.347 e. The second-order valence-corrected chi connectivity index (χ2v) is 7.06. The van der Waals surface area contributed by atoms with Gasteiger partial charge < -0.3 is 4.90 Å². The number of nitrogens with zero attached hydrogens (tertiary/aromatic N) is 3. The predicted molar refractivity (Wildman–Crippen MR) is 85.2 cm³/mol. The second-order valence-electron chi connectivity index (χ2n) is 5.58. The molecule has 124 valence electrons. The summed E-state index contributed by atoms with van der Waals surface area (Å²) in [5.74, 6) is -1.19. The Morgan fingerprint density at radius 3 is 2.39 bits per heavy atom. The van der Waals surface area contributed by atoms with Crippen molar-refractivity contribution in [2.45, 2.75) is 25.4 Å². The molecule has 23 heavy (non-hydrogen) atoms. The van der Waals surface area contributed by atoms with Gasteiger partial charge in [0.05, 0.1) is 5.92 Å². The molecule has 0 saturated carbocycles. The minimum Gasteiger partial charge on any atom is -0.347 e. The maximum atomic E-state index is 12.7. The quantitative estimate of drug-likeness (QED) is 0.802. The fraction of sp³-hybridized carbons (Fsp3) is 0.467. The van der Waals surface area contributed by atoms with E-state index in [1.54, 1.807) is 0 Å². The number of halogens is 4. The number of alkyl halides is 3. The summed E-state index contributed by atoms with van der Waals surface area (Å²) < 4.78 is 38.1. The van der Waals surface area contributed by atoms with Crippen LogP contribution in [0, 0.1) is 5.92 Å². The van der Waals surface area contributed by atoms with E-state index >= 15 is 0 Å². The van der Waals surface area contributed by atoms with Gasteiger partial charge in [-0.3, -0.25) is 0 Å². The normalized spacial score (nSPS) is 16.8. The molecular formula is C15H15ClF3N3S. The number of benzene rings is 1. The third-order valence-electron chi connectivity index (χ3n) is 3.95. The molecule has 0 radical (unpaired) electrons. The number of hydrogen-bond acceptors (Lipinski definition) is 4. The molecule has 0 aliphatic carbocycles. The summed E-state index contributed by atoms with van der Waals surface area (Å²) in [6.45, 7) is 0.750. The summed E-state index contributed by atoms with van der Waals surface area (Å²) in [6.07, 6.45) is -3.20. The highest BCUT2D eigenvalue weighted by Crippen LogP contribution is 2.36. The van der Waals surface area contributed by atoms with Crippen LogP contribution in [-0.2, 0) is 6.42 Å². The summed E-state index contributed by atoms with van der Waals surface area (Å²) in [5.41, 5.74) is 1.08. The van der Waals surface area contributed by atoms with E-state index in [0.29, 0.717) is 29.7 Å². The van der Waals surface area contributed by atoms with E-state index in [0.717, 1.165) is 10.6 Å². The fourth-order valence-electron chi connectivity index (χ4n) is 2.62. The molecule has 0 unspecified atom stereocenters. The number of aromatic nitrogens is 2. The van der Waals surface area contributed by atoms with Crippen LogP contribution < -0.4 is 4.90 Å². The Morgan fingerprint density at radius 2 is 1.78 bits per heavy atom. The molecule has 1 aliphatic rings. The number of piperidine rings is 1. The lowest BCUT2D eigenvalue weighted by molar-refractivity contribution is -0.179. The molecular weight excluding hydrogens is 347 g/mol. The van der Waals surface area contributed by atoms with Crippen molar-refractivity contribution in [2.75, 3.05) is 18.0 Å². The molecule has 3 rings (SSSR count). The van der Waals surface area contributed by atoms with E-state index in [-0.39, 0.29) is 12.8 Å². The first-order chi connectivity index (χ1) is 10.9. The van der Waals surface area contributed by atoms with Crippen LogP contribution in [0.5, 0.6) is 0 Å². The van der Waals surface area contributed by atoms with Gasteiger partial charge in [-0.25, -0.2) is 0 Å². The monoisotopic (exact) mass is 361 g/mol. The lowest BCUT2D eigenvalue weighted by Crippen LogP contribution is -2.38. The van der Waals surface area contributed by atoms with E-state index in [2.05, 4.69) is 10.2 Å². The standard InChI is InChI=1S/C15H15ClF3N3S/c16-12-3-1-10(2-4-12)9-13-20-21-14(23-13)22-7-5-11(6-8-22)15(17,18)19/h1-4,11H,5-9H2. The lowest BCUT2D eigenvalue weighted by Gasteiger charge is -2.32. The van der Waals surface area contributed by atoms with Gasteiger partial charge in [0.25, 0.3) is 0 Å². The zero-order valence-electron chi connectivity index (χ0n) is 12.2. The van der Waals surface area contributed by atoms with Crippen molar-refractivity contribution in [3.63, 3.8) is 0 Å². The van der Waals surface area contributed by atoms with E-state index in [4.69, 9.17) is 11.6 Å². The molecule has 1 fully saturated rings. The number of rotatable bonds is 3. The molecule has 0 amide bonds. The van der Waals surface area contributed by atoms with Crippen LogP contribution in [0.1, 0.15) is 23.4 Å². The summed E-state index contributed by atoms with van der Waals surface area (Å²) in [5, 5.41) is 10.5. The Bertz CT molecular complexity index is 649. The Morgan fingerprint density at radius 1 is 1.13 bits per heavy atom. The van der Waals surface area contributed by atoms with Gasteiger partial charge in [-0.15, -0.1) is 10.2 Å². The van der Waals surface area contributed by atoms with Gasteiger partial charge in [0, 0.05) is 24.5 Å². The predicted octanol–water partition coefficient (Wildman–Crippen LogP) is 4.56. The van der Waals surface area contributed by atoms with E-state index in [9.17, 15) is 13.2 Å². The summed E-state index contributed by atoms with van der Waals surface area (Å²) in [6, 6.07) is 7.50. The lowest BCUT2D eigenvalue weighted by atomic mass is 9.97. The molecule has 0 atom stereocenters. The molecule has 1 saturated heterocycles. The van der Waals surface area contributed by atoms with Crippen molar-refractivity contribution in [1.29, 1.82) is 0 Å². The zero-order valence-corrected chi connectivity index (χ0v) is 13.8. The van der Waals surface area contributed by atoms with Crippen LogP contribution in [-0.4, -0.2) is 29.5 Å². The van der Waals surface area contributed by atoms with Gasteiger partial charge in [-0.1, -0.05) is 35.1 Å². The summed E-state index contributed by atoms with van der Waals surface area (Å²) >= 11 is 7.29. The van der Waals surface area contributed by atoms with Crippen LogP contribution in [0.3, 0.4) is 0 Å². The van der Waals surface area contributed by atoms with Crippen LogP contribution >= 0.6 is 22.9 Å². The Balaban J connectivity index is 1.60. The third kappa shape index (κ3) is 4.14. The Kier molecular flexibility index (Phi) is 4.77. The van der Waals surface area contributed by atoms with E-state index in [1.165, 1.54) is 11.3 Å². The van der Waals surface area contributed by atoms with E-state index in [1.807, 2.05) is 29.2 Å². The maximum absolute atomic E-state index is 12.7. The van der Waals surface area contributed by atoms with Gasteiger partial charge in [-0.2, -0.15) is 13.2 Å². The van der Waals surface area contributed by atoms with Crippen LogP contribution in [0.25, 0.3) is 0 Å². The Hall–Kier alpha value is -1.34. The van der Waals surface area contributed by atoms with Crippen LogP contribution in [0.2, 0.25) is 5.02 Å². The highest BCUT2D eigenvalue weighted by molar-refractivity contribution is 7.15. The van der Waals surface area contributed by atoms with E-state index < -0.39 is 12.1 Å². The van der Waals surface area contributed by atoms with Crippen molar-refractivity contribution < 1.29 is 13.2 Å². The van der Waals surface area contributed by atoms with Crippen molar-refractivity contribution in [3.05, 3.63) is 39.9 Å². The van der Waals surface area contributed by atoms with Crippen molar-refractivity contribution in [2.24, 2.45) is 5.92 Å². The van der Waals surface area contributed by atoms with Gasteiger partial charge in [0.2, 0.25) is 5.13 Å². The first-order valence-corrected chi connectivity index (χ1v) is 8.50. The van der Waals surface area contributed by atoms with Crippen molar-refractivity contribution >= 4 is 28.1 Å². The van der Waals surface area contributed by atoms with Crippen molar-refractivity contribution in [1.82, 2.24) is 10.2 Å². The molecule has 2 heterocycles. The molecule has 3 nitrogen and oxygen atoms in total. The SMILES string of the molecule is FC(F)(F)C1CCN(c2nnc(Cc3ccc(Cl)cc3)s2)CC1. The van der Waals surface area contributed by atoms with Gasteiger partial charge >= 0.3 is 6.18 Å². The minimum atomic E-state index is -4.09. The summed E-state index contributed by atoms with van der Waals surface area (Å²) in [4.78, 5) is 1.89. The molecule has 2 aromatic rings. The highest BCUT2D eigenvalue weighted by Gasteiger charge is 2.41. The topological polar surface area (TPSA) is 29.0 Å². The van der Waals surface area contributed by atoms with Crippen LogP contribution in [0.4, 0.5) is 18.3 Å². The van der Waals surface area contributed by atoms with Gasteiger partial charge in [0.15, 0.2) is 0 Å². The molecule has 0 bridgehead atoms.